The van der Waals surface area contributed by atoms with Gasteiger partial charge < -0.3 is 5.32 Å². The number of amides is 1. The summed E-state index contributed by atoms with van der Waals surface area (Å²) in [6, 6.07) is 0. The van der Waals surface area contributed by atoms with Crippen molar-refractivity contribution in [2.75, 3.05) is 19.7 Å². The second-order valence-corrected chi connectivity index (χ2v) is 3.76. The van der Waals surface area contributed by atoms with Crippen LogP contribution >= 0.6 is 0 Å². The summed E-state index contributed by atoms with van der Waals surface area (Å²) in [7, 11) is 0. The molecule has 0 aliphatic rings. The van der Waals surface area contributed by atoms with Crippen LogP contribution in [0.4, 0.5) is 13.2 Å². The number of alkyl halides is 3. The maximum absolute atomic E-state index is 11.6. The van der Waals surface area contributed by atoms with Crippen LogP contribution in [0.5, 0.6) is 0 Å². The molecule has 16 heavy (non-hydrogen) atoms. The summed E-state index contributed by atoms with van der Waals surface area (Å²) in [5, 5.41) is 2.55. The molecule has 0 unspecified atom stereocenters. The summed E-state index contributed by atoms with van der Waals surface area (Å²) in [6.45, 7) is 2.84. The van der Waals surface area contributed by atoms with Crippen molar-refractivity contribution >= 4 is 5.91 Å². The Balaban J connectivity index is 3.38. The Bertz CT molecular complexity index is 207. The molecule has 0 aromatic rings. The fourth-order valence-corrected chi connectivity index (χ4v) is 0.812. The van der Waals surface area contributed by atoms with Crippen molar-refractivity contribution in [3.63, 3.8) is 0 Å². The van der Waals surface area contributed by atoms with E-state index in [0.29, 0.717) is 12.5 Å². The standard InChI is InChI=1S/C9H17F3N2O2/c1-7(2)3-4-13-8(15)5-14-16-6-9(10,11)12/h7,14H,3-6H2,1-2H3,(H,13,15). The van der Waals surface area contributed by atoms with Gasteiger partial charge in [0.05, 0.1) is 6.54 Å². The molecule has 0 heterocycles. The summed E-state index contributed by atoms with van der Waals surface area (Å²) in [5.41, 5.74) is 1.95. The van der Waals surface area contributed by atoms with E-state index in [2.05, 4.69) is 10.2 Å². The van der Waals surface area contributed by atoms with Crippen molar-refractivity contribution in [2.24, 2.45) is 5.92 Å². The van der Waals surface area contributed by atoms with E-state index in [0.717, 1.165) is 6.42 Å². The lowest BCUT2D eigenvalue weighted by atomic mass is 10.1. The van der Waals surface area contributed by atoms with Gasteiger partial charge in [-0.15, -0.1) is 0 Å². The average Bonchev–Trinajstić information content (AvgIpc) is 2.10. The molecule has 0 aromatic heterocycles. The summed E-state index contributed by atoms with van der Waals surface area (Å²) >= 11 is 0. The minimum Gasteiger partial charge on any atom is -0.355 e. The van der Waals surface area contributed by atoms with Crippen LogP contribution in [-0.2, 0) is 9.63 Å². The molecule has 0 rings (SSSR count). The van der Waals surface area contributed by atoms with Gasteiger partial charge in [-0.25, -0.2) is 0 Å². The first-order valence-electron chi connectivity index (χ1n) is 4.99. The maximum Gasteiger partial charge on any atom is 0.413 e. The molecule has 4 nitrogen and oxygen atoms in total. The smallest absolute Gasteiger partial charge is 0.355 e. The summed E-state index contributed by atoms with van der Waals surface area (Å²) in [5.74, 6) is 0.0811. The number of nitrogens with one attached hydrogen (secondary N) is 2. The number of rotatable bonds is 7. The van der Waals surface area contributed by atoms with Gasteiger partial charge in [0.1, 0.15) is 0 Å². The van der Waals surface area contributed by atoms with Crippen LogP contribution in [0, 0.1) is 5.92 Å². The monoisotopic (exact) mass is 242 g/mol. The molecule has 0 aromatic carbocycles. The number of carbonyl (C=O) groups excluding carboxylic acids is 1. The number of hydrogen-bond donors (Lipinski definition) is 2. The molecule has 0 saturated heterocycles. The van der Waals surface area contributed by atoms with Gasteiger partial charge in [-0.3, -0.25) is 9.63 Å². The molecule has 0 aliphatic heterocycles. The van der Waals surface area contributed by atoms with E-state index in [1.807, 2.05) is 19.3 Å². The van der Waals surface area contributed by atoms with Crippen LogP contribution < -0.4 is 10.8 Å². The van der Waals surface area contributed by atoms with Gasteiger partial charge in [0, 0.05) is 6.54 Å². The second kappa shape index (κ2) is 7.45. The summed E-state index contributed by atoms with van der Waals surface area (Å²) in [6.07, 6.45) is -3.56. The van der Waals surface area contributed by atoms with E-state index in [1.165, 1.54) is 0 Å². The third-order valence-electron chi connectivity index (χ3n) is 1.61. The predicted molar refractivity (Wildman–Crippen MR) is 52.5 cm³/mol. The molecule has 96 valence electrons. The van der Waals surface area contributed by atoms with Gasteiger partial charge in [0.25, 0.3) is 0 Å². The fraction of sp³-hybridized carbons (Fsp3) is 0.889. The molecule has 0 fully saturated rings. The Morgan fingerprint density at radius 2 is 2.00 bits per heavy atom. The van der Waals surface area contributed by atoms with Crippen LogP contribution in [0.1, 0.15) is 20.3 Å². The third-order valence-corrected chi connectivity index (χ3v) is 1.61. The Morgan fingerprint density at radius 1 is 1.38 bits per heavy atom. The number of halogens is 3. The van der Waals surface area contributed by atoms with Crippen molar-refractivity contribution in [3.05, 3.63) is 0 Å². The van der Waals surface area contributed by atoms with Crippen LogP contribution in [0.15, 0.2) is 0 Å². The highest BCUT2D eigenvalue weighted by Crippen LogP contribution is 2.13. The van der Waals surface area contributed by atoms with Crippen LogP contribution in [-0.4, -0.2) is 31.8 Å². The number of hydrogen-bond acceptors (Lipinski definition) is 3. The first-order valence-corrected chi connectivity index (χ1v) is 4.99. The van der Waals surface area contributed by atoms with Crippen molar-refractivity contribution in [2.45, 2.75) is 26.4 Å². The van der Waals surface area contributed by atoms with E-state index < -0.39 is 12.8 Å². The molecule has 0 bridgehead atoms. The minimum absolute atomic E-state index is 0.284. The molecule has 7 heteroatoms. The average molecular weight is 242 g/mol. The zero-order valence-electron chi connectivity index (χ0n) is 9.36. The van der Waals surface area contributed by atoms with Crippen LogP contribution in [0.2, 0.25) is 0 Å². The predicted octanol–water partition coefficient (Wildman–Crippen LogP) is 1.23. The third kappa shape index (κ3) is 11.3. The lowest BCUT2D eigenvalue weighted by molar-refractivity contribution is -0.189. The van der Waals surface area contributed by atoms with Crippen molar-refractivity contribution in [1.82, 2.24) is 10.8 Å². The molecular formula is C9H17F3N2O2. The van der Waals surface area contributed by atoms with Gasteiger partial charge in [0.2, 0.25) is 5.91 Å². The van der Waals surface area contributed by atoms with Crippen molar-refractivity contribution < 1.29 is 22.8 Å². The number of hydroxylamine groups is 1. The molecule has 0 atom stereocenters. The van der Waals surface area contributed by atoms with E-state index in [-0.39, 0.29) is 12.5 Å². The molecule has 0 aliphatic carbocycles. The van der Waals surface area contributed by atoms with Gasteiger partial charge in [0.15, 0.2) is 6.61 Å². The Morgan fingerprint density at radius 3 is 2.50 bits per heavy atom. The molecule has 0 radical (unpaired) electrons. The number of carbonyl (C=O) groups is 1. The van der Waals surface area contributed by atoms with Gasteiger partial charge in [-0.1, -0.05) is 13.8 Å². The molecule has 0 saturated carbocycles. The second-order valence-electron chi connectivity index (χ2n) is 3.76. The topological polar surface area (TPSA) is 50.4 Å². The van der Waals surface area contributed by atoms with Crippen molar-refractivity contribution in [3.8, 4) is 0 Å². The lowest BCUT2D eigenvalue weighted by Gasteiger charge is -2.09. The zero-order chi connectivity index (χ0) is 12.6. The Hall–Kier alpha value is -0.820. The Kier molecular flexibility index (Phi) is 7.07. The minimum atomic E-state index is -4.39. The van der Waals surface area contributed by atoms with E-state index in [9.17, 15) is 18.0 Å². The SMILES string of the molecule is CC(C)CCNC(=O)CNOCC(F)(F)F. The highest BCUT2D eigenvalue weighted by Gasteiger charge is 2.27. The van der Waals surface area contributed by atoms with E-state index >= 15 is 0 Å². The van der Waals surface area contributed by atoms with Gasteiger partial charge in [-0.2, -0.15) is 18.7 Å². The van der Waals surface area contributed by atoms with Crippen LogP contribution in [0.3, 0.4) is 0 Å². The normalized spacial score (nSPS) is 11.9. The quantitative estimate of drug-likeness (QED) is 0.521. The van der Waals surface area contributed by atoms with Crippen molar-refractivity contribution in [1.29, 1.82) is 0 Å². The summed E-state index contributed by atoms with van der Waals surface area (Å²) < 4.78 is 34.8. The highest BCUT2D eigenvalue weighted by molar-refractivity contribution is 5.77. The lowest BCUT2D eigenvalue weighted by Crippen LogP contribution is -2.36. The van der Waals surface area contributed by atoms with Gasteiger partial charge in [-0.05, 0) is 12.3 Å². The molecule has 1 amide bonds. The zero-order valence-corrected chi connectivity index (χ0v) is 9.36. The highest BCUT2D eigenvalue weighted by atomic mass is 19.4. The Labute approximate surface area is 92.5 Å². The molecule has 2 N–H and O–H groups in total. The van der Waals surface area contributed by atoms with Gasteiger partial charge >= 0.3 is 6.18 Å². The van der Waals surface area contributed by atoms with E-state index in [4.69, 9.17) is 0 Å². The first kappa shape index (κ1) is 15.2. The summed E-state index contributed by atoms with van der Waals surface area (Å²) in [4.78, 5) is 15.1. The van der Waals surface area contributed by atoms with E-state index in [1.54, 1.807) is 0 Å². The maximum atomic E-state index is 11.6. The van der Waals surface area contributed by atoms with Crippen LogP contribution in [0.25, 0.3) is 0 Å². The fourth-order valence-electron chi connectivity index (χ4n) is 0.812. The largest absolute Gasteiger partial charge is 0.413 e. The molecular weight excluding hydrogens is 225 g/mol. The molecule has 0 spiro atoms. The first-order chi connectivity index (χ1) is 7.31.